The Kier molecular flexibility index (Phi) is 5.47. The van der Waals surface area contributed by atoms with Crippen LogP contribution in [0.2, 0.25) is 0 Å². The number of nitrogens with zero attached hydrogens (tertiary/aromatic N) is 1. The SMILES string of the molecule is COC(=O)[C@@]1(Cc2ccccc2)N=C(c2ccccc2)O[C@H]1C1CCCCC1. The van der Waals surface area contributed by atoms with Crippen molar-refractivity contribution in [2.45, 2.75) is 50.2 Å². The number of carbonyl (C=O) groups excluding carboxylic acids is 1. The van der Waals surface area contributed by atoms with Gasteiger partial charge < -0.3 is 9.47 Å². The van der Waals surface area contributed by atoms with Crippen LogP contribution in [-0.2, 0) is 20.7 Å². The topological polar surface area (TPSA) is 47.9 Å². The molecule has 0 N–H and O–H groups in total. The molecule has 0 radical (unpaired) electrons. The zero-order valence-electron chi connectivity index (χ0n) is 16.3. The summed E-state index contributed by atoms with van der Waals surface area (Å²) in [6.07, 6.45) is 5.92. The van der Waals surface area contributed by atoms with Gasteiger partial charge in [-0.25, -0.2) is 9.79 Å². The molecule has 1 aliphatic carbocycles. The highest BCUT2D eigenvalue weighted by atomic mass is 16.5. The molecule has 0 saturated heterocycles. The van der Waals surface area contributed by atoms with Crippen molar-refractivity contribution in [1.82, 2.24) is 0 Å². The maximum absolute atomic E-state index is 13.2. The Hall–Kier alpha value is -2.62. The lowest BCUT2D eigenvalue weighted by Gasteiger charge is -2.36. The summed E-state index contributed by atoms with van der Waals surface area (Å²) >= 11 is 0. The van der Waals surface area contributed by atoms with Crippen LogP contribution < -0.4 is 0 Å². The van der Waals surface area contributed by atoms with Crippen molar-refractivity contribution in [1.29, 1.82) is 0 Å². The standard InChI is InChI=1S/C24H27NO3/c1-27-23(26)24(17-18-11-5-2-6-12-18)21(19-13-7-3-8-14-19)28-22(25-24)20-15-9-4-10-16-20/h2,4-6,9-12,15-16,19,21H,3,7-8,13-14,17H2,1H3/t21-,24-/m0/s1. The van der Waals surface area contributed by atoms with Crippen LogP contribution in [0.4, 0.5) is 0 Å². The lowest BCUT2D eigenvalue weighted by atomic mass is 9.74. The van der Waals surface area contributed by atoms with E-state index in [0.29, 0.717) is 18.2 Å². The molecule has 4 heteroatoms. The fourth-order valence-corrected chi connectivity index (χ4v) is 4.58. The predicted molar refractivity (Wildman–Crippen MR) is 109 cm³/mol. The molecule has 2 atom stereocenters. The van der Waals surface area contributed by atoms with Crippen molar-refractivity contribution < 1.29 is 14.3 Å². The van der Waals surface area contributed by atoms with Gasteiger partial charge in [0, 0.05) is 12.0 Å². The molecule has 146 valence electrons. The zero-order valence-corrected chi connectivity index (χ0v) is 16.3. The Morgan fingerprint density at radius 3 is 2.32 bits per heavy atom. The second-order valence-electron chi connectivity index (χ2n) is 7.80. The van der Waals surface area contributed by atoms with Crippen LogP contribution in [0.25, 0.3) is 0 Å². The number of methoxy groups -OCH3 is 1. The summed E-state index contributed by atoms with van der Waals surface area (Å²) < 4.78 is 11.7. The number of carbonyl (C=O) groups is 1. The van der Waals surface area contributed by atoms with Gasteiger partial charge in [-0.05, 0) is 36.5 Å². The van der Waals surface area contributed by atoms with E-state index in [1.807, 2.05) is 60.7 Å². The fraction of sp³-hybridized carbons (Fsp3) is 0.417. The minimum absolute atomic E-state index is 0.296. The van der Waals surface area contributed by atoms with Crippen molar-refractivity contribution in [3.05, 3.63) is 71.8 Å². The molecule has 0 spiro atoms. The average molecular weight is 377 g/mol. The van der Waals surface area contributed by atoms with Crippen LogP contribution in [-0.4, -0.2) is 30.6 Å². The van der Waals surface area contributed by atoms with Crippen LogP contribution in [0.1, 0.15) is 43.2 Å². The number of esters is 1. The van der Waals surface area contributed by atoms with E-state index in [0.717, 1.165) is 24.0 Å². The smallest absolute Gasteiger partial charge is 0.338 e. The lowest BCUT2D eigenvalue weighted by Crippen LogP contribution is -2.52. The molecule has 1 heterocycles. The zero-order chi connectivity index (χ0) is 19.4. The summed E-state index contributed by atoms with van der Waals surface area (Å²) in [4.78, 5) is 18.1. The van der Waals surface area contributed by atoms with Crippen LogP contribution in [0.15, 0.2) is 65.7 Å². The quantitative estimate of drug-likeness (QED) is 0.717. The summed E-state index contributed by atoms with van der Waals surface area (Å²) in [7, 11) is 1.45. The van der Waals surface area contributed by atoms with E-state index in [4.69, 9.17) is 14.5 Å². The predicted octanol–water partition coefficient (Wildman–Crippen LogP) is 4.57. The summed E-state index contributed by atoms with van der Waals surface area (Å²) in [6.45, 7) is 0. The lowest BCUT2D eigenvalue weighted by molar-refractivity contribution is -0.151. The molecule has 1 saturated carbocycles. The van der Waals surface area contributed by atoms with Crippen molar-refractivity contribution in [3.8, 4) is 0 Å². The molecule has 0 aromatic heterocycles. The number of aliphatic imine (C=N–C) groups is 1. The van der Waals surface area contributed by atoms with Crippen molar-refractivity contribution in [2.75, 3.05) is 7.11 Å². The highest BCUT2D eigenvalue weighted by Gasteiger charge is 2.56. The Morgan fingerprint density at radius 2 is 1.68 bits per heavy atom. The van der Waals surface area contributed by atoms with Gasteiger partial charge in [0.25, 0.3) is 0 Å². The third-order valence-corrected chi connectivity index (χ3v) is 5.96. The third kappa shape index (κ3) is 3.56. The van der Waals surface area contributed by atoms with Crippen molar-refractivity contribution in [3.63, 3.8) is 0 Å². The maximum atomic E-state index is 13.2. The summed E-state index contributed by atoms with van der Waals surface area (Å²) in [5, 5.41) is 0. The number of hydrogen-bond acceptors (Lipinski definition) is 4. The van der Waals surface area contributed by atoms with E-state index in [9.17, 15) is 4.79 Å². The van der Waals surface area contributed by atoms with Gasteiger partial charge in [-0.15, -0.1) is 0 Å². The highest BCUT2D eigenvalue weighted by molar-refractivity contribution is 5.99. The minimum Gasteiger partial charge on any atom is -0.471 e. The highest BCUT2D eigenvalue weighted by Crippen LogP contribution is 2.41. The molecule has 0 amide bonds. The first-order valence-electron chi connectivity index (χ1n) is 10.2. The number of ether oxygens (including phenoxy) is 2. The number of rotatable bonds is 5. The molecule has 2 aromatic rings. The van der Waals surface area contributed by atoms with E-state index in [-0.39, 0.29) is 12.1 Å². The Balaban J connectivity index is 1.78. The van der Waals surface area contributed by atoms with Crippen molar-refractivity contribution >= 4 is 11.9 Å². The summed E-state index contributed by atoms with van der Waals surface area (Å²) in [6, 6.07) is 19.9. The fourth-order valence-electron chi connectivity index (χ4n) is 4.58. The van der Waals surface area contributed by atoms with E-state index in [1.54, 1.807) is 0 Å². The van der Waals surface area contributed by atoms with Crippen LogP contribution in [0.5, 0.6) is 0 Å². The summed E-state index contributed by atoms with van der Waals surface area (Å²) in [5.74, 6) is 0.553. The van der Waals surface area contributed by atoms with Crippen molar-refractivity contribution in [2.24, 2.45) is 10.9 Å². The van der Waals surface area contributed by atoms with E-state index in [2.05, 4.69) is 0 Å². The molecule has 1 aliphatic heterocycles. The average Bonchev–Trinajstić information content (AvgIpc) is 3.15. The van der Waals surface area contributed by atoms with Gasteiger partial charge in [0.1, 0.15) is 6.10 Å². The van der Waals surface area contributed by atoms with E-state index < -0.39 is 5.54 Å². The molecule has 0 bridgehead atoms. The molecule has 1 fully saturated rings. The van der Waals surface area contributed by atoms with Crippen LogP contribution in [0, 0.1) is 5.92 Å². The van der Waals surface area contributed by atoms with E-state index >= 15 is 0 Å². The minimum atomic E-state index is -1.04. The first-order chi connectivity index (χ1) is 13.7. The van der Waals surface area contributed by atoms with Gasteiger partial charge in [0.15, 0.2) is 0 Å². The Bertz CT molecular complexity index is 827. The Morgan fingerprint density at radius 1 is 1.04 bits per heavy atom. The largest absolute Gasteiger partial charge is 0.471 e. The normalized spacial score (nSPS) is 25.0. The number of benzene rings is 2. The first-order valence-corrected chi connectivity index (χ1v) is 10.2. The van der Waals surface area contributed by atoms with Gasteiger partial charge in [0.05, 0.1) is 7.11 Å². The van der Waals surface area contributed by atoms with Crippen LogP contribution >= 0.6 is 0 Å². The molecule has 4 nitrogen and oxygen atoms in total. The van der Waals surface area contributed by atoms with Gasteiger partial charge in [-0.2, -0.15) is 0 Å². The molecular weight excluding hydrogens is 350 g/mol. The maximum Gasteiger partial charge on any atom is 0.338 e. The second-order valence-corrected chi connectivity index (χ2v) is 7.80. The molecule has 28 heavy (non-hydrogen) atoms. The summed E-state index contributed by atoms with van der Waals surface area (Å²) in [5.41, 5.74) is 0.932. The second kappa shape index (κ2) is 8.17. The van der Waals surface area contributed by atoms with Gasteiger partial charge in [-0.3, -0.25) is 0 Å². The Labute approximate surface area is 166 Å². The third-order valence-electron chi connectivity index (χ3n) is 5.96. The van der Waals surface area contributed by atoms with E-state index in [1.165, 1.54) is 26.4 Å². The molecule has 0 unspecified atom stereocenters. The molecular formula is C24H27NO3. The number of hydrogen-bond donors (Lipinski definition) is 0. The molecule has 4 rings (SSSR count). The molecule has 2 aliphatic rings. The first kappa shape index (κ1) is 18.7. The van der Waals surface area contributed by atoms with Crippen LogP contribution in [0.3, 0.4) is 0 Å². The van der Waals surface area contributed by atoms with Gasteiger partial charge >= 0.3 is 5.97 Å². The molecule has 2 aromatic carbocycles. The monoisotopic (exact) mass is 377 g/mol. The van der Waals surface area contributed by atoms with Gasteiger partial charge in [-0.1, -0.05) is 67.8 Å². The van der Waals surface area contributed by atoms with Gasteiger partial charge in [0.2, 0.25) is 11.4 Å².